The van der Waals surface area contributed by atoms with Crippen LogP contribution >= 0.6 is 11.6 Å². The average molecular weight is 332 g/mol. The molecule has 120 valence electrons. The minimum Gasteiger partial charge on any atom is -0.486 e. The Kier molecular flexibility index (Phi) is 4.72. The molecule has 5 heteroatoms. The molecule has 1 heterocycles. The van der Waals surface area contributed by atoms with Gasteiger partial charge in [0.25, 0.3) is 5.91 Å². The van der Waals surface area contributed by atoms with Crippen molar-refractivity contribution in [2.24, 2.45) is 0 Å². The van der Waals surface area contributed by atoms with Gasteiger partial charge in [0.1, 0.15) is 17.6 Å². The van der Waals surface area contributed by atoms with Crippen molar-refractivity contribution in [3.05, 3.63) is 53.6 Å². The molecule has 0 N–H and O–H groups in total. The summed E-state index contributed by atoms with van der Waals surface area (Å²) in [5.74, 6) is 1.27. The normalized spacial score (nSPS) is 16.4. The first-order valence-electron chi connectivity index (χ1n) is 7.62. The van der Waals surface area contributed by atoms with Gasteiger partial charge in [-0.05, 0) is 42.8 Å². The fourth-order valence-corrected chi connectivity index (χ4v) is 2.63. The molecule has 0 spiro atoms. The quantitative estimate of drug-likeness (QED) is 0.852. The summed E-state index contributed by atoms with van der Waals surface area (Å²) < 4.78 is 11.5. The molecule has 23 heavy (non-hydrogen) atoms. The third kappa shape index (κ3) is 3.59. The van der Waals surface area contributed by atoms with Crippen molar-refractivity contribution in [3.63, 3.8) is 0 Å². The fourth-order valence-electron chi connectivity index (χ4n) is 2.50. The molecule has 1 amide bonds. The molecule has 0 fully saturated rings. The maximum atomic E-state index is 12.6. The Hall–Kier alpha value is -2.20. The van der Waals surface area contributed by atoms with Crippen molar-refractivity contribution in [1.29, 1.82) is 0 Å². The smallest absolute Gasteiger partial charge is 0.265 e. The number of fused-ring (bicyclic) bond motifs is 1. The molecular formula is C18H18ClNO3. The predicted molar refractivity (Wildman–Crippen MR) is 90.4 cm³/mol. The number of hydrogen-bond acceptors (Lipinski definition) is 3. The molecule has 0 aromatic heterocycles. The Morgan fingerprint density at radius 2 is 2.00 bits per heavy atom. The third-order valence-corrected chi connectivity index (χ3v) is 4.02. The number of anilines is 1. The molecule has 3 rings (SSSR count). The maximum Gasteiger partial charge on any atom is 0.265 e. The molecule has 4 nitrogen and oxygen atoms in total. The number of hydrogen-bond donors (Lipinski definition) is 0. The molecule has 1 atom stereocenters. The summed E-state index contributed by atoms with van der Waals surface area (Å²) in [5, 5.41) is 0.636. The number of benzene rings is 2. The van der Waals surface area contributed by atoms with Gasteiger partial charge in [0.05, 0.1) is 12.2 Å². The molecule has 1 unspecified atom stereocenters. The highest BCUT2D eigenvalue weighted by Gasteiger charge is 2.28. The highest BCUT2D eigenvalue weighted by molar-refractivity contribution is 6.30. The average Bonchev–Trinajstić information content (AvgIpc) is 2.60. The van der Waals surface area contributed by atoms with E-state index in [2.05, 4.69) is 0 Å². The number of rotatable bonds is 4. The predicted octanol–water partition coefficient (Wildman–Crippen LogP) is 3.92. The summed E-state index contributed by atoms with van der Waals surface area (Å²) in [6, 6.07) is 14.5. The summed E-state index contributed by atoms with van der Waals surface area (Å²) in [5.41, 5.74) is 0.793. The summed E-state index contributed by atoms with van der Waals surface area (Å²) in [6.07, 6.45) is 0.847. The van der Waals surface area contributed by atoms with Crippen LogP contribution < -0.4 is 14.4 Å². The van der Waals surface area contributed by atoms with Crippen molar-refractivity contribution in [2.75, 3.05) is 18.1 Å². The second-order valence-electron chi connectivity index (χ2n) is 5.36. The Bertz CT molecular complexity index is 687. The van der Waals surface area contributed by atoms with Crippen molar-refractivity contribution in [2.45, 2.75) is 19.4 Å². The lowest BCUT2D eigenvalue weighted by Gasteiger charge is -2.34. The number of carbonyl (C=O) groups is 1. The van der Waals surface area contributed by atoms with Crippen LogP contribution in [-0.4, -0.2) is 25.2 Å². The van der Waals surface area contributed by atoms with Gasteiger partial charge in [-0.2, -0.15) is 0 Å². The molecule has 0 aliphatic carbocycles. The standard InChI is InChI=1S/C18H18ClNO3/c1-2-14-11-20(16-5-3-4-6-17(16)23-14)18(21)12-22-15-9-7-13(19)8-10-15/h3-10,14H,2,11-12H2,1H3. The van der Waals surface area contributed by atoms with E-state index in [1.54, 1.807) is 29.2 Å². The van der Waals surface area contributed by atoms with Crippen molar-refractivity contribution >= 4 is 23.2 Å². The third-order valence-electron chi connectivity index (χ3n) is 3.77. The Morgan fingerprint density at radius 1 is 1.26 bits per heavy atom. The summed E-state index contributed by atoms with van der Waals surface area (Å²) >= 11 is 5.84. The fraction of sp³-hybridized carbons (Fsp3) is 0.278. The van der Waals surface area contributed by atoms with E-state index in [1.807, 2.05) is 31.2 Å². The Labute approximate surface area is 140 Å². The summed E-state index contributed by atoms with van der Waals surface area (Å²) in [4.78, 5) is 14.3. The van der Waals surface area contributed by atoms with Gasteiger partial charge in [-0.25, -0.2) is 0 Å². The molecule has 1 aliphatic heterocycles. The van der Waals surface area contributed by atoms with E-state index in [0.29, 0.717) is 17.3 Å². The van der Waals surface area contributed by atoms with Crippen LogP contribution in [-0.2, 0) is 4.79 Å². The molecule has 2 aromatic rings. The topological polar surface area (TPSA) is 38.8 Å². The lowest BCUT2D eigenvalue weighted by atomic mass is 10.1. The van der Waals surface area contributed by atoms with Crippen molar-refractivity contribution < 1.29 is 14.3 Å². The van der Waals surface area contributed by atoms with Crippen LogP contribution in [0.15, 0.2) is 48.5 Å². The minimum atomic E-state index is -0.0888. The maximum absolute atomic E-state index is 12.6. The second-order valence-corrected chi connectivity index (χ2v) is 5.80. The lowest BCUT2D eigenvalue weighted by Crippen LogP contribution is -2.45. The Balaban J connectivity index is 1.72. The molecule has 2 aromatic carbocycles. The van der Waals surface area contributed by atoms with Crippen LogP contribution in [0.4, 0.5) is 5.69 Å². The monoisotopic (exact) mass is 331 g/mol. The number of para-hydroxylation sites is 2. The number of halogens is 1. The van der Waals surface area contributed by atoms with Gasteiger partial charge in [0.2, 0.25) is 0 Å². The lowest BCUT2D eigenvalue weighted by molar-refractivity contribution is -0.121. The van der Waals surface area contributed by atoms with Crippen LogP contribution in [0, 0.1) is 0 Å². The van der Waals surface area contributed by atoms with Gasteiger partial charge < -0.3 is 14.4 Å². The van der Waals surface area contributed by atoms with E-state index in [1.165, 1.54) is 0 Å². The van der Waals surface area contributed by atoms with E-state index in [0.717, 1.165) is 17.9 Å². The summed E-state index contributed by atoms with van der Waals surface area (Å²) in [7, 11) is 0. The summed E-state index contributed by atoms with van der Waals surface area (Å²) in [6.45, 7) is 2.56. The van der Waals surface area contributed by atoms with Crippen LogP contribution in [0.1, 0.15) is 13.3 Å². The Morgan fingerprint density at radius 3 is 2.74 bits per heavy atom. The van der Waals surface area contributed by atoms with Crippen LogP contribution in [0.25, 0.3) is 0 Å². The highest BCUT2D eigenvalue weighted by atomic mass is 35.5. The van der Waals surface area contributed by atoms with Gasteiger partial charge >= 0.3 is 0 Å². The van der Waals surface area contributed by atoms with E-state index >= 15 is 0 Å². The van der Waals surface area contributed by atoms with Gasteiger partial charge in [0, 0.05) is 5.02 Å². The van der Waals surface area contributed by atoms with Crippen LogP contribution in [0.3, 0.4) is 0 Å². The molecule has 0 radical (unpaired) electrons. The van der Waals surface area contributed by atoms with Crippen molar-refractivity contribution in [3.8, 4) is 11.5 Å². The molecule has 0 saturated carbocycles. The van der Waals surface area contributed by atoms with E-state index in [-0.39, 0.29) is 18.6 Å². The molecule has 0 bridgehead atoms. The molecular weight excluding hydrogens is 314 g/mol. The minimum absolute atomic E-state index is 0.00406. The number of nitrogens with zero attached hydrogens (tertiary/aromatic N) is 1. The molecule has 1 aliphatic rings. The zero-order chi connectivity index (χ0) is 16.2. The van der Waals surface area contributed by atoms with E-state index in [9.17, 15) is 4.79 Å². The highest BCUT2D eigenvalue weighted by Crippen LogP contribution is 2.33. The zero-order valence-corrected chi connectivity index (χ0v) is 13.6. The number of amides is 1. The zero-order valence-electron chi connectivity index (χ0n) is 12.9. The first-order valence-corrected chi connectivity index (χ1v) is 7.99. The van der Waals surface area contributed by atoms with E-state index < -0.39 is 0 Å². The van der Waals surface area contributed by atoms with E-state index in [4.69, 9.17) is 21.1 Å². The van der Waals surface area contributed by atoms with Gasteiger partial charge in [-0.15, -0.1) is 0 Å². The first-order chi connectivity index (χ1) is 11.2. The number of ether oxygens (including phenoxy) is 2. The van der Waals surface area contributed by atoms with Crippen LogP contribution in [0.2, 0.25) is 5.02 Å². The first kappa shape index (κ1) is 15.7. The van der Waals surface area contributed by atoms with Gasteiger partial charge in [-0.1, -0.05) is 30.7 Å². The number of carbonyl (C=O) groups excluding carboxylic acids is 1. The second kappa shape index (κ2) is 6.92. The largest absolute Gasteiger partial charge is 0.486 e. The SMILES string of the molecule is CCC1CN(C(=O)COc2ccc(Cl)cc2)c2ccccc2O1. The van der Waals surface area contributed by atoms with Crippen molar-refractivity contribution in [1.82, 2.24) is 0 Å². The van der Waals surface area contributed by atoms with Gasteiger partial charge in [-0.3, -0.25) is 4.79 Å². The van der Waals surface area contributed by atoms with Gasteiger partial charge in [0.15, 0.2) is 6.61 Å². The molecule has 0 saturated heterocycles. The van der Waals surface area contributed by atoms with Crippen LogP contribution in [0.5, 0.6) is 11.5 Å².